The summed E-state index contributed by atoms with van der Waals surface area (Å²) in [6.45, 7) is 2.68. The van der Waals surface area contributed by atoms with Crippen molar-refractivity contribution < 1.29 is 4.79 Å². The fraction of sp³-hybridized carbons (Fsp3) is 0.286. The second-order valence-electron chi connectivity index (χ2n) is 4.13. The molecule has 2 aromatic rings. The average Bonchev–Trinajstić information content (AvgIpc) is 2.85. The third-order valence-electron chi connectivity index (χ3n) is 2.76. The van der Waals surface area contributed by atoms with Crippen molar-refractivity contribution in [3.8, 4) is 0 Å². The Balaban J connectivity index is 1.77. The van der Waals surface area contributed by atoms with Crippen LogP contribution in [0.4, 0.5) is 0 Å². The summed E-state index contributed by atoms with van der Waals surface area (Å²) in [4.78, 5) is 15.9. The van der Waals surface area contributed by atoms with Gasteiger partial charge >= 0.3 is 0 Å². The number of aromatic nitrogens is 1. The summed E-state index contributed by atoms with van der Waals surface area (Å²) in [5, 5.41) is 5.93. The van der Waals surface area contributed by atoms with E-state index in [1.165, 1.54) is 0 Å². The molecule has 3 nitrogen and oxygen atoms in total. The van der Waals surface area contributed by atoms with E-state index in [1.807, 2.05) is 36.6 Å². The van der Waals surface area contributed by atoms with Gasteiger partial charge in [-0.15, -0.1) is 11.3 Å². The van der Waals surface area contributed by atoms with Crippen LogP contribution in [0.25, 0.3) is 0 Å². The van der Waals surface area contributed by atoms with Crippen molar-refractivity contribution in [2.75, 3.05) is 6.54 Å². The van der Waals surface area contributed by atoms with Gasteiger partial charge in [0.25, 0.3) is 0 Å². The van der Waals surface area contributed by atoms with Crippen LogP contribution in [0.5, 0.6) is 0 Å². The summed E-state index contributed by atoms with van der Waals surface area (Å²) < 4.78 is 0. The van der Waals surface area contributed by atoms with E-state index in [0.717, 1.165) is 22.6 Å². The van der Waals surface area contributed by atoms with Crippen LogP contribution in [-0.2, 0) is 17.6 Å². The van der Waals surface area contributed by atoms with E-state index < -0.39 is 0 Å². The molecule has 1 heterocycles. The molecule has 94 valence electrons. The lowest BCUT2D eigenvalue weighted by Crippen LogP contribution is -2.27. The smallest absolute Gasteiger partial charge is 0.224 e. The highest BCUT2D eigenvalue weighted by molar-refractivity contribution is 7.09. The first kappa shape index (κ1) is 12.8. The lowest BCUT2D eigenvalue weighted by molar-refractivity contribution is -0.120. The van der Waals surface area contributed by atoms with E-state index in [1.54, 1.807) is 17.5 Å². The van der Waals surface area contributed by atoms with Crippen molar-refractivity contribution in [2.45, 2.75) is 19.8 Å². The SMILES string of the molecule is Cc1ccccc1CC(=O)NCCc1nccs1. The molecule has 0 atom stereocenters. The highest BCUT2D eigenvalue weighted by Gasteiger charge is 2.05. The Kier molecular flexibility index (Phi) is 4.47. The lowest BCUT2D eigenvalue weighted by atomic mass is 10.1. The van der Waals surface area contributed by atoms with E-state index in [-0.39, 0.29) is 5.91 Å². The first-order chi connectivity index (χ1) is 8.75. The van der Waals surface area contributed by atoms with Crippen molar-refractivity contribution in [3.63, 3.8) is 0 Å². The standard InChI is InChI=1S/C14H16N2OS/c1-11-4-2-3-5-12(11)10-13(17)15-7-6-14-16-8-9-18-14/h2-5,8-9H,6-7,10H2,1H3,(H,15,17). The van der Waals surface area contributed by atoms with E-state index in [9.17, 15) is 4.79 Å². The molecule has 18 heavy (non-hydrogen) atoms. The topological polar surface area (TPSA) is 42.0 Å². The van der Waals surface area contributed by atoms with Crippen molar-refractivity contribution >= 4 is 17.2 Å². The molecule has 0 aliphatic heterocycles. The number of benzene rings is 1. The highest BCUT2D eigenvalue weighted by Crippen LogP contribution is 2.07. The van der Waals surface area contributed by atoms with Gasteiger partial charge in [0.2, 0.25) is 5.91 Å². The molecule has 1 aromatic carbocycles. The monoisotopic (exact) mass is 260 g/mol. The minimum absolute atomic E-state index is 0.0702. The van der Waals surface area contributed by atoms with Gasteiger partial charge in [-0.05, 0) is 18.1 Å². The molecule has 0 aliphatic rings. The Labute approximate surface area is 111 Å². The molecule has 0 unspecified atom stereocenters. The molecule has 1 N–H and O–H groups in total. The maximum Gasteiger partial charge on any atom is 0.224 e. The Morgan fingerprint density at radius 1 is 1.39 bits per heavy atom. The van der Waals surface area contributed by atoms with Gasteiger partial charge in [-0.2, -0.15) is 0 Å². The number of carbonyl (C=O) groups is 1. The van der Waals surface area contributed by atoms with Gasteiger partial charge in [0.1, 0.15) is 0 Å². The Morgan fingerprint density at radius 2 is 2.22 bits per heavy atom. The van der Waals surface area contributed by atoms with Gasteiger partial charge in [-0.3, -0.25) is 4.79 Å². The first-order valence-electron chi connectivity index (χ1n) is 5.95. The Hall–Kier alpha value is -1.68. The molecule has 0 aliphatic carbocycles. The fourth-order valence-corrected chi connectivity index (χ4v) is 2.35. The molecule has 0 saturated carbocycles. The second kappa shape index (κ2) is 6.31. The van der Waals surface area contributed by atoms with E-state index >= 15 is 0 Å². The summed E-state index contributed by atoms with van der Waals surface area (Å²) in [5.41, 5.74) is 2.25. The molecule has 0 fully saturated rings. The quantitative estimate of drug-likeness (QED) is 0.896. The van der Waals surface area contributed by atoms with Gasteiger partial charge < -0.3 is 5.32 Å². The summed E-state index contributed by atoms with van der Waals surface area (Å²) in [7, 11) is 0. The number of aryl methyl sites for hydroxylation is 1. The van der Waals surface area contributed by atoms with E-state index in [0.29, 0.717) is 13.0 Å². The van der Waals surface area contributed by atoms with Crippen molar-refractivity contribution in [1.29, 1.82) is 0 Å². The normalized spacial score (nSPS) is 10.3. The van der Waals surface area contributed by atoms with Crippen molar-refractivity contribution in [3.05, 3.63) is 52.0 Å². The summed E-state index contributed by atoms with van der Waals surface area (Å²) in [6, 6.07) is 7.97. The molecule has 2 rings (SSSR count). The van der Waals surface area contributed by atoms with Gasteiger partial charge in [-0.1, -0.05) is 24.3 Å². The number of nitrogens with zero attached hydrogens (tertiary/aromatic N) is 1. The van der Waals surface area contributed by atoms with Gasteiger partial charge in [0, 0.05) is 24.5 Å². The van der Waals surface area contributed by atoms with E-state index in [2.05, 4.69) is 10.3 Å². The number of hydrogen-bond donors (Lipinski definition) is 1. The van der Waals surface area contributed by atoms with Crippen LogP contribution in [0, 0.1) is 6.92 Å². The molecule has 1 aromatic heterocycles. The molecule has 0 spiro atoms. The van der Waals surface area contributed by atoms with Gasteiger partial charge in [-0.25, -0.2) is 4.98 Å². The molecule has 0 bridgehead atoms. The van der Waals surface area contributed by atoms with Crippen LogP contribution in [-0.4, -0.2) is 17.4 Å². The van der Waals surface area contributed by atoms with Crippen LogP contribution in [0.3, 0.4) is 0 Å². The predicted molar refractivity (Wildman–Crippen MR) is 73.7 cm³/mol. The number of thiazole rings is 1. The largest absolute Gasteiger partial charge is 0.355 e. The molecule has 1 amide bonds. The number of amides is 1. The molecule has 0 radical (unpaired) electrons. The highest BCUT2D eigenvalue weighted by atomic mass is 32.1. The molecular formula is C14H16N2OS. The zero-order valence-corrected chi connectivity index (χ0v) is 11.2. The predicted octanol–water partition coefficient (Wildman–Crippen LogP) is 2.35. The second-order valence-corrected chi connectivity index (χ2v) is 5.11. The zero-order valence-electron chi connectivity index (χ0n) is 10.3. The lowest BCUT2D eigenvalue weighted by Gasteiger charge is -2.06. The fourth-order valence-electron chi connectivity index (χ4n) is 1.73. The summed E-state index contributed by atoms with van der Waals surface area (Å²) in [5.74, 6) is 0.0702. The minimum atomic E-state index is 0.0702. The van der Waals surface area contributed by atoms with Crippen LogP contribution >= 0.6 is 11.3 Å². The van der Waals surface area contributed by atoms with Crippen LogP contribution in [0.1, 0.15) is 16.1 Å². The third-order valence-corrected chi connectivity index (χ3v) is 3.60. The third kappa shape index (κ3) is 3.67. The Morgan fingerprint density at radius 3 is 2.94 bits per heavy atom. The molecule has 0 saturated heterocycles. The Bertz CT molecular complexity index is 508. The maximum atomic E-state index is 11.8. The summed E-state index contributed by atoms with van der Waals surface area (Å²) >= 11 is 1.62. The average molecular weight is 260 g/mol. The number of nitrogens with one attached hydrogen (secondary N) is 1. The number of hydrogen-bond acceptors (Lipinski definition) is 3. The van der Waals surface area contributed by atoms with Gasteiger partial charge in [0.05, 0.1) is 11.4 Å². The van der Waals surface area contributed by atoms with Crippen LogP contribution in [0.2, 0.25) is 0 Å². The van der Waals surface area contributed by atoms with Crippen molar-refractivity contribution in [2.24, 2.45) is 0 Å². The van der Waals surface area contributed by atoms with Gasteiger partial charge in [0.15, 0.2) is 0 Å². The molecule has 4 heteroatoms. The molecular weight excluding hydrogens is 244 g/mol. The minimum Gasteiger partial charge on any atom is -0.355 e. The number of carbonyl (C=O) groups excluding carboxylic acids is 1. The van der Waals surface area contributed by atoms with Crippen LogP contribution < -0.4 is 5.32 Å². The zero-order chi connectivity index (χ0) is 12.8. The maximum absolute atomic E-state index is 11.8. The van der Waals surface area contributed by atoms with Crippen molar-refractivity contribution in [1.82, 2.24) is 10.3 Å². The summed E-state index contributed by atoms with van der Waals surface area (Å²) in [6.07, 6.45) is 3.04. The first-order valence-corrected chi connectivity index (χ1v) is 6.83. The number of rotatable bonds is 5. The van der Waals surface area contributed by atoms with Crippen LogP contribution in [0.15, 0.2) is 35.8 Å². The van der Waals surface area contributed by atoms with E-state index in [4.69, 9.17) is 0 Å².